The van der Waals surface area contributed by atoms with E-state index in [1.165, 1.54) is 0 Å². The number of rotatable bonds is 6. The molecule has 0 aliphatic rings. The fourth-order valence-corrected chi connectivity index (χ4v) is 1.59. The zero-order chi connectivity index (χ0) is 11.3. The zero-order valence-corrected chi connectivity index (χ0v) is 9.71. The molecule has 0 aliphatic heterocycles. The first-order valence-corrected chi connectivity index (χ1v) is 6.49. The second kappa shape index (κ2) is 5.24. The molecule has 0 spiro atoms. The lowest BCUT2D eigenvalue weighted by Gasteiger charge is -2.03. The van der Waals surface area contributed by atoms with Gasteiger partial charge in [0.1, 0.15) is 0 Å². The normalized spacial score (nSPS) is 11.9. The van der Waals surface area contributed by atoms with Crippen LogP contribution in [0.15, 0.2) is 12.4 Å². The van der Waals surface area contributed by atoms with Crippen LogP contribution in [0.2, 0.25) is 0 Å². The molecule has 1 aromatic heterocycles. The molecule has 0 saturated carbocycles. The molecule has 0 radical (unpaired) electrons. The van der Waals surface area contributed by atoms with Crippen molar-refractivity contribution in [1.29, 1.82) is 0 Å². The molecule has 0 aliphatic carbocycles. The molecule has 0 atom stereocenters. The summed E-state index contributed by atoms with van der Waals surface area (Å²) >= 11 is 0. The van der Waals surface area contributed by atoms with Gasteiger partial charge < -0.3 is 5.32 Å². The summed E-state index contributed by atoms with van der Waals surface area (Å²) in [5.74, 6) is 0. The summed E-state index contributed by atoms with van der Waals surface area (Å²) in [5, 5.41) is 7.13. The molecule has 0 unspecified atom stereocenters. The highest BCUT2D eigenvalue weighted by molar-refractivity contribution is 7.88. The fraction of sp³-hybridized carbons (Fsp3) is 0.625. The first-order valence-electron chi connectivity index (χ1n) is 4.60. The summed E-state index contributed by atoms with van der Waals surface area (Å²) < 4.78 is 25.6. The molecule has 2 N–H and O–H groups in total. The van der Waals surface area contributed by atoms with E-state index in [0.29, 0.717) is 19.6 Å². The van der Waals surface area contributed by atoms with E-state index in [2.05, 4.69) is 15.1 Å². The Hall–Kier alpha value is -0.920. The monoisotopic (exact) mass is 232 g/mol. The van der Waals surface area contributed by atoms with E-state index in [4.69, 9.17) is 0 Å². The average Bonchev–Trinajstić information content (AvgIpc) is 2.49. The van der Waals surface area contributed by atoms with E-state index in [9.17, 15) is 8.42 Å². The Kier molecular flexibility index (Phi) is 4.25. The second-order valence-corrected chi connectivity index (χ2v) is 5.20. The molecule has 15 heavy (non-hydrogen) atoms. The lowest BCUT2D eigenvalue weighted by Crippen LogP contribution is -2.30. The molecular formula is C8H16N4O2S. The maximum absolute atomic E-state index is 10.7. The number of nitrogens with zero attached hydrogens (tertiary/aromatic N) is 2. The summed E-state index contributed by atoms with van der Waals surface area (Å²) in [5.41, 5.74) is 1.08. The number of hydrogen-bond donors (Lipinski definition) is 2. The lowest BCUT2D eigenvalue weighted by atomic mass is 10.3. The highest BCUT2D eigenvalue weighted by Gasteiger charge is 1.99. The Balaban J connectivity index is 2.12. The Morgan fingerprint density at radius 1 is 1.47 bits per heavy atom. The SMILES string of the molecule is Cn1cc(CNCCNS(C)(=O)=O)cn1. The maximum Gasteiger partial charge on any atom is 0.208 e. The van der Waals surface area contributed by atoms with Gasteiger partial charge in [0, 0.05) is 38.4 Å². The Morgan fingerprint density at radius 2 is 2.20 bits per heavy atom. The van der Waals surface area contributed by atoms with Crippen LogP contribution in [0.4, 0.5) is 0 Å². The van der Waals surface area contributed by atoms with Crippen molar-refractivity contribution in [2.75, 3.05) is 19.3 Å². The van der Waals surface area contributed by atoms with Gasteiger partial charge in [-0.3, -0.25) is 4.68 Å². The van der Waals surface area contributed by atoms with Crippen molar-refractivity contribution in [3.8, 4) is 0 Å². The molecular weight excluding hydrogens is 216 g/mol. The molecule has 1 rings (SSSR count). The van der Waals surface area contributed by atoms with Gasteiger partial charge in [-0.05, 0) is 0 Å². The van der Waals surface area contributed by atoms with E-state index >= 15 is 0 Å². The van der Waals surface area contributed by atoms with Gasteiger partial charge in [-0.15, -0.1) is 0 Å². The maximum atomic E-state index is 10.7. The van der Waals surface area contributed by atoms with Crippen molar-refractivity contribution in [2.45, 2.75) is 6.54 Å². The number of nitrogens with one attached hydrogen (secondary N) is 2. The second-order valence-electron chi connectivity index (χ2n) is 3.37. The van der Waals surface area contributed by atoms with Crippen LogP contribution in [0.5, 0.6) is 0 Å². The van der Waals surface area contributed by atoms with Crippen LogP contribution in [0.3, 0.4) is 0 Å². The molecule has 0 aromatic carbocycles. The minimum Gasteiger partial charge on any atom is -0.311 e. The molecule has 7 heteroatoms. The van der Waals surface area contributed by atoms with Crippen molar-refractivity contribution in [3.63, 3.8) is 0 Å². The Bertz CT molecular complexity index is 399. The van der Waals surface area contributed by atoms with Gasteiger partial charge in [0.25, 0.3) is 0 Å². The number of aromatic nitrogens is 2. The predicted molar refractivity (Wildman–Crippen MR) is 57.8 cm³/mol. The standard InChI is InChI=1S/C8H16N4O2S/c1-12-7-8(6-10-12)5-9-3-4-11-15(2,13)14/h6-7,9,11H,3-5H2,1-2H3. The van der Waals surface area contributed by atoms with Crippen molar-refractivity contribution in [3.05, 3.63) is 18.0 Å². The van der Waals surface area contributed by atoms with Crippen molar-refractivity contribution < 1.29 is 8.42 Å². The van der Waals surface area contributed by atoms with Crippen LogP contribution < -0.4 is 10.0 Å². The van der Waals surface area contributed by atoms with Crippen LogP contribution in [0.1, 0.15) is 5.56 Å². The minimum atomic E-state index is -3.07. The average molecular weight is 232 g/mol. The molecule has 6 nitrogen and oxygen atoms in total. The van der Waals surface area contributed by atoms with Crippen LogP contribution in [-0.2, 0) is 23.6 Å². The molecule has 0 fully saturated rings. The molecule has 0 saturated heterocycles. The lowest BCUT2D eigenvalue weighted by molar-refractivity contribution is 0.582. The van der Waals surface area contributed by atoms with Crippen molar-refractivity contribution >= 4 is 10.0 Å². The number of hydrogen-bond acceptors (Lipinski definition) is 4. The largest absolute Gasteiger partial charge is 0.311 e. The van der Waals surface area contributed by atoms with Gasteiger partial charge in [-0.1, -0.05) is 0 Å². The summed E-state index contributed by atoms with van der Waals surface area (Å²) in [6.45, 7) is 1.69. The molecule has 86 valence electrons. The first-order chi connectivity index (χ1) is 6.97. The van der Waals surface area contributed by atoms with Crippen molar-refractivity contribution in [1.82, 2.24) is 19.8 Å². The summed E-state index contributed by atoms with van der Waals surface area (Å²) in [6.07, 6.45) is 4.84. The summed E-state index contributed by atoms with van der Waals surface area (Å²) in [4.78, 5) is 0. The third-order valence-corrected chi connectivity index (χ3v) is 2.48. The van der Waals surface area contributed by atoms with E-state index < -0.39 is 10.0 Å². The molecule has 1 heterocycles. The van der Waals surface area contributed by atoms with E-state index in [1.54, 1.807) is 10.9 Å². The Labute approximate surface area is 89.7 Å². The minimum absolute atomic E-state index is 0.402. The number of sulfonamides is 1. The van der Waals surface area contributed by atoms with Gasteiger partial charge in [0.2, 0.25) is 10.0 Å². The van der Waals surface area contributed by atoms with Gasteiger partial charge in [0.05, 0.1) is 12.5 Å². The van der Waals surface area contributed by atoms with E-state index in [0.717, 1.165) is 11.8 Å². The van der Waals surface area contributed by atoms with E-state index in [1.807, 2.05) is 13.2 Å². The highest BCUT2D eigenvalue weighted by atomic mass is 32.2. The Morgan fingerprint density at radius 3 is 2.73 bits per heavy atom. The van der Waals surface area contributed by atoms with Gasteiger partial charge in [-0.25, -0.2) is 13.1 Å². The third-order valence-electron chi connectivity index (χ3n) is 1.75. The highest BCUT2D eigenvalue weighted by Crippen LogP contribution is 1.93. The first kappa shape index (κ1) is 12.2. The smallest absolute Gasteiger partial charge is 0.208 e. The van der Waals surface area contributed by atoms with Gasteiger partial charge in [0.15, 0.2) is 0 Å². The molecule has 1 aromatic rings. The predicted octanol–water partition coefficient (Wildman–Crippen LogP) is -0.941. The third kappa shape index (κ3) is 5.50. The van der Waals surface area contributed by atoms with Gasteiger partial charge in [-0.2, -0.15) is 5.10 Å². The van der Waals surface area contributed by atoms with Crippen LogP contribution in [0.25, 0.3) is 0 Å². The van der Waals surface area contributed by atoms with Crippen molar-refractivity contribution in [2.24, 2.45) is 7.05 Å². The quantitative estimate of drug-likeness (QED) is 0.621. The topological polar surface area (TPSA) is 76.0 Å². The van der Waals surface area contributed by atoms with Gasteiger partial charge >= 0.3 is 0 Å². The number of aryl methyl sites for hydroxylation is 1. The van der Waals surface area contributed by atoms with E-state index in [-0.39, 0.29) is 0 Å². The molecule has 0 bridgehead atoms. The summed E-state index contributed by atoms with van der Waals surface area (Å²) in [7, 11) is -1.22. The van der Waals surface area contributed by atoms with Crippen LogP contribution >= 0.6 is 0 Å². The summed E-state index contributed by atoms with van der Waals surface area (Å²) in [6, 6.07) is 0. The zero-order valence-electron chi connectivity index (χ0n) is 8.90. The molecule has 0 amide bonds. The fourth-order valence-electron chi connectivity index (χ4n) is 1.12. The van der Waals surface area contributed by atoms with Crippen LogP contribution in [-0.4, -0.2) is 37.5 Å². The van der Waals surface area contributed by atoms with Crippen LogP contribution in [0, 0.1) is 0 Å².